The fraction of sp³-hybridized carbons (Fsp3) is 0.455. The summed E-state index contributed by atoms with van der Waals surface area (Å²) in [5.74, 6) is 2.25. The maximum Gasteiger partial charge on any atom is 0.164 e. The largest absolute Gasteiger partial charge is 0.486 e. The summed E-state index contributed by atoms with van der Waals surface area (Å²) in [7, 11) is 0. The number of hydrogen-bond acceptors (Lipinski definition) is 2. The number of ether oxygens (including phenoxy) is 2. The number of alkyl halides is 1. The molecule has 14 heavy (non-hydrogen) atoms. The third-order valence-electron chi connectivity index (χ3n) is 2.36. The second kappa shape index (κ2) is 4.22. The lowest BCUT2D eigenvalue weighted by molar-refractivity contribution is 0.169. The summed E-state index contributed by atoms with van der Waals surface area (Å²) in [6.07, 6.45) is 0. The Labute approximate surface area is 92.3 Å². The molecule has 0 saturated heterocycles. The van der Waals surface area contributed by atoms with E-state index in [2.05, 4.69) is 28.9 Å². The molecular weight excluding hydrogens is 244 g/mol. The lowest BCUT2D eigenvalue weighted by atomic mass is 10.0. The molecule has 1 atom stereocenters. The van der Waals surface area contributed by atoms with Crippen molar-refractivity contribution in [1.82, 2.24) is 0 Å². The number of rotatable bonds is 2. The van der Waals surface area contributed by atoms with E-state index in [1.54, 1.807) is 0 Å². The zero-order valence-electron chi connectivity index (χ0n) is 8.13. The van der Waals surface area contributed by atoms with Crippen LogP contribution in [0.2, 0.25) is 0 Å². The molecule has 1 aliphatic rings. The molecule has 2 rings (SSSR count). The minimum Gasteiger partial charge on any atom is -0.486 e. The highest BCUT2D eigenvalue weighted by atomic mass is 79.9. The van der Waals surface area contributed by atoms with Gasteiger partial charge in [0.25, 0.3) is 0 Å². The van der Waals surface area contributed by atoms with Gasteiger partial charge in [-0.05, 0) is 12.0 Å². The molecule has 0 N–H and O–H groups in total. The molecule has 76 valence electrons. The van der Waals surface area contributed by atoms with Crippen molar-refractivity contribution in [3.8, 4) is 11.5 Å². The second-order valence-electron chi connectivity index (χ2n) is 3.43. The van der Waals surface area contributed by atoms with E-state index in [-0.39, 0.29) is 0 Å². The maximum absolute atomic E-state index is 5.63. The molecule has 1 heterocycles. The highest BCUT2D eigenvalue weighted by Gasteiger charge is 2.18. The zero-order valence-corrected chi connectivity index (χ0v) is 9.71. The lowest BCUT2D eigenvalue weighted by Gasteiger charge is -2.22. The van der Waals surface area contributed by atoms with Crippen LogP contribution >= 0.6 is 15.9 Å². The van der Waals surface area contributed by atoms with Gasteiger partial charge in [-0.1, -0.05) is 35.0 Å². The quantitative estimate of drug-likeness (QED) is 0.758. The number of fused-ring (bicyclic) bond motifs is 1. The normalized spacial score (nSPS) is 16.4. The van der Waals surface area contributed by atoms with Crippen LogP contribution in [-0.4, -0.2) is 18.5 Å². The predicted octanol–water partition coefficient (Wildman–Crippen LogP) is 2.96. The lowest BCUT2D eigenvalue weighted by Crippen LogP contribution is -2.17. The average Bonchev–Trinajstić information content (AvgIpc) is 2.27. The minimum atomic E-state index is 0.451. The summed E-state index contributed by atoms with van der Waals surface area (Å²) in [6, 6.07) is 6.07. The summed E-state index contributed by atoms with van der Waals surface area (Å²) in [6.45, 7) is 3.47. The van der Waals surface area contributed by atoms with E-state index in [1.165, 1.54) is 5.56 Å². The molecule has 0 saturated carbocycles. The van der Waals surface area contributed by atoms with Crippen molar-refractivity contribution < 1.29 is 9.47 Å². The van der Waals surface area contributed by atoms with Crippen molar-refractivity contribution in [1.29, 1.82) is 0 Å². The van der Waals surface area contributed by atoms with Crippen LogP contribution in [-0.2, 0) is 0 Å². The number of halogens is 1. The van der Waals surface area contributed by atoms with Crippen LogP contribution in [0.3, 0.4) is 0 Å². The van der Waals surface area contributed by atoms with E-state index in [0.717, 1.165) is 16.8 Å². The van der Waals surface area contributed by atoms with Gasteiger partial charge in [0.2, 0.25) is 0 Å². The van der Waals surface area contributed by atoms with Crippen molar-refractivity contribution >= 4 is 15.9 Å². The summed E-state index contributed by atoms with van der Waals surface area (Å²) in [5, 5.41) is 0.937. The van der Waals surface area contributed by atoms with Crippen LogP contribution < -0.4 is 9.47 Å². The Morgan fingerprint density at radius 3 is 2.93 bits per heavy atom. The van der Waals surface area contributed by atoms with Gasteiger partial charge in [-0.25, -0.2) is 0 Å². The van der Waals surface area contributed by atoms with Crippen LogP contribution in [0.5, 0.6) is 11.5 Å². The Morgan fingerprint density at radius 1 is 1.36 bits per heavy atom. The van der Waals surface area contributed by atoms with Crippen molar-refractivity contribution in [2.75, 3.05) is 18.5 Å². The van der Waals surface area contributed by atoms with Crippen molar-refractivity contribution in [2.24, 2.45) is 0 Å². The first-order valence-electron chi connectivity index (χ1n) is 4.77. The average molecular weight is 257 g/mol. The van der Waals surface area contributed by atoms with Crippen molar-refractivity contribution in [3.63, 3.8) is 0 Å². The van der Waals surface area contributed by atoms with E-state index < -0.39 is 0 Å². The Balaban J connectivity index is 2.39. The summed E-state index contributed by atoms with van der Waals surface area (Å²) in [4.78, 5) is 0. The van der Waals surface area contributed by atoms with E-state index in [4.69, 9.17) is 9.47 Å². The van der Waals surface area contributed by atoms with Crippen LogP contribution in [0.25, 0.3) is 0 Å². The third-order valence-corrected chi connectivity index (χ3v) is 3.33. The number of benzene rings is 1. The molecule has 1 aliphatic heterocycles. The minimum absolute atomic E-state index is 0.451. The smallest absolute Gasteiger partial charge is 0.164 e. The van der Waals surface area contributed by atoms with Gasteiger partial charge in [0.05, 0.1) is 0 Å². The highest BCUT2D eigenvalue weighted by molar-refractivity contribution is 9.09. The van der Waals surface area contributed by atoms with Gasteiger partial charge in [0.1, 0.15) is 13.2 Å². The molecule has 0 aliphatic carbocycles. The monoisotopic (exact) mass is 256 g/mol. The SMILES string of the molecule is CC(CBr)c1cccc2c1OCCO2. The molecule has 1 aromatic carbocycles. The van der Waals surface area contributed by atoms with Gasteiger partial charge in [-0.15, -0.1) is 0 Å². The van der Waals surface area contributed by atoms with Gasteiger partial charge < -0.3 is 9.47 Å². The molecule has 3 heteroatoms. The standard InChI is InChI=1S/C11H13BrO2/c1-8(7-12)9-3-2-4-10-11(9)14-6-5-13-10/h2-4,8H,5-7H2,1H3. The fourth-order valence-electron chi connectivity index (χ4n) is 1.57. The molecule has 0 aromatic heterocycles. The van der Waals surface area contributed by atoms with Gasteiger partial charge >= 0.3 is 0 Å². The Kier molecular flexibility index (Phi) is 2.96. The van der Waals surface area contributed by atoms with Crippen LogP contribution in [0.15, 0.2) is 18.2 Å². The molecule has 0 fully saturated rings. The highest BCUT2D eigenvalue weighted by Crippen LogP contribution is 2.37. The van der Waals surface area contributed by atoms with Crippen LogP contribution in [0.1, 0.15) is 18.4 Å². The maximum atomic E-state index is 5.63. The van der Waals surface area contributed by atoms with E-state index in [1.807, 2.05) is 12.1 Å². The Hall–Kier alpha value is -0.700. The molecule has 0 radical (unpaired) electrons. The molecule has 0 spiro atoms. The molecule has 2 nitrogen and oxygen atoms in total. The molecule has 1 unspecified atom stereocenters. The van der Waals surface area contributed by atoms with Crippen LogP contribution in [0, 0.1) is 0 Å². The topological polar surface area (TPSA) is 18.5 Å². The van der Waals surface area contributed by atoms with Crippen LogP contribution in [0.4, 0.5) is 0 Å². The van der Waals surface area contributed by atoms with Gasteiger partial charge in [-0.3, -0.25) is 0 Å². The zero-order chi connectivity index (χ0) is 9.97. The van der Waals surface area contributed by atoms with Gasteiger partial charge in [-0.2, -0.15) is 0 Å². The summed E-state index contributed by atoms with van der Waals surface area (Å²) >= 11 is 3.48. The van der Waals surface area contributed by atoms with Crippen molar-refractivity contribution in [2.45, 2.75) is 12.8 Å². The fourth-order valence-corrected chi connectivity index (χ4v) is 1.92. The first-order valence-corrected chi connectivity index (χ1v) is 5.89. The predicted molar refractivity (Wildman–Crippen MR) is 59.6 cm³/mol. The van der Waals surface area contributed by atoms with E-state index in [0.29, 0.717) is 19.1 Å². The molecule has 1 aromatic rings. The van der Waals surface area contributed by atoms with E-state index >= 15 is 0 Å². The molecule has 0 bridgehead atoms. The third kappa shape index (κ3) is 1.73. The first-order chi connectivity index (χ1) is 6.83. The second-order valence-corrected chi connectivity index (χ2v) is 4.07. The Bertz CT molecular complexity index is 325. The summed E-state index contributed by atoms with van der Waals surface area (Å²) < 4.78 is 11.2. The first kappa shape index (κ1) is 9.84. The van der Waals surface area contributed by atoms with E-state index in [9.17, 15) is 0 Å². The molecule has 0 amide bonds. The van der Waals surface area contributed by atoms with Gasteiger partial charge in [0.15, 0.2) is 11.5 Å². The number of hydrogen-bond donors (Lipinski definition) is 0. The van der Waals surface area contributed by atoms with Crippen molar-refractivity contribution in [3.05, 3.63) is 23.8 Å². The summed E-state index contributed by atoms with van der Waals surface area (Å²) in [5.41, 5.74) is 1.22. The number of para-hydroxylation sites is 1. The van der Waals surface area contributed by atoms with Gasteiger partial charge in [0, 0.05) is 10.9 Å². The Morgan fingerprint density at radius 2 is 2.14 bits per heavy atom. The molecular formula is C11H13BrO2.